The van der Waals surface area contributed by atoms with E-state index in [-0.39, 0.29) is 11.3 Å². The van der Waals surface area contributed by atoms with Crippen molar-refractivity contribution in [3.63, 3.8) is 0 Å². The fourth-order valence-corrected chi connectivity index (χ4v) is 4.79. The van der Waals surface area contributed by atoms with Crippen LogP contribution in [0.3, 0.4) is 0 Å². The van der Waals surface area contributed by atoms with Gasteiger partial charge in [0.15, 0.2) is 0 Å². The summed E-state index contributed by atoms with van der Waals surface area (Å²) in [5, 5.41) is 11.4. The molecule has 7 nitrogen and oxygen atoms in total. The first kappa shape index (κ1) is 26.8. The molecule has 2 aliphatic heterocycles. The van der Waals surface area contributed by atoms with Crippen LogP contribution in [-0.2, 0) is 14.3 Å². The molecule has 2 aliphatic rings. The normalized spacial score (nSPS) is 20.1. The van der Waals surface area contributed by atoms with E-state index in [1.807, 2.05) is 13.0 Å². The number of Topliss-reactive ketones (excluding diaryl/α,β-unsaturated/α-hetero) is 1. The number of ether oxygens (including phenoxy) is 2. The van der Waals surface area contributed by atoms with Crippen LogP contribution >= 0.6 is 0 Å². The molecular weight excluding hydrogens is 475 g/mol. The molecule has 0 bridgehead atoms. The number of amides is 1. The van der Waals surface area contributed by atoms with Gasteiger partial charge in [-0.15, -0.1) is 0 Å². The Morgan fingerprint density at radius 2 is 1.81 bits per heavy atom. The Balaban J connectivity index is 1.65. The zero-order valence-corrected chi connectivity index (χ0v) is 21.7. The number of halogens is 1. The first-order valence-corrected chi connectivity index (χ1v) is 12.8. The summed E-state index contributed by atoms with van der Waals surface area (Å²) in [4.78, 5) is 30.2. The molecule has 198 valence electrons. The van der Waals surface area contributed by atoms with Gasteiger partial charge in [-0.25, -0.2) is 4.39 Å². The molecule has 2 heterocycles. The van der Waals surface area contributed by atoms with Crippen molar-refractivity contribution in [3.8, 4) is 5.75 Å². The van der Waals surface area contributed by atoms with Crippen LogP contribution in [0.15, 0.2) is 48.0 Å². The summed E-state index contributed by atoms with van der Waals surface area (Å²) in [5.74, 6) is -1.02. The van der Waals surface area contributed by atoms with Crippen LogP contribution in [0.25, 0.3) is 5.76 Å². The first-order chi connectivity index (χ1) is 17.8. The average molecular weight is 511 g/mol. The van der Waals surface area contributed by atoms with E-state index < -0.39 is 23.5 Å². The van der Waals surface area contributed by atoms with Crippen molar-refractivity contribution in [2.75, 3.05) is 46.0 Å². The minimum absolute atomic E-state index is 0.0157. The maximum Gasteiger partial charge on any atom is 0.295 e. The number of rotatable bonds is 9. The number of benzene rings is 2. The van der Waals surface area contributed by atoms with Crippen molar-refractivity contribution in [3.05, 3.63) is 70.5 Å². The number of likely N-dealkylation sites (tertiary alicyclic amines) is 1. The molecule has 8 heteroatoms. The van der Waals surface area contributed by atoms with E-state index in [1.165, 1.54) is 17.0 Å². The number of hydrogen-bond acceptors (Lipinski definition) is 6. The van der Waals surface area contributed by atoms with E-state index in [4.69, 9.17) is 9.47 Å². The third-order valence-electron chi connectivity index (χ3n) is 6.74. The lowest BCUT2D eigenvalue weighted by Crippen LogP contribution is -2.38. The van der Waals surface area contributed by atoms with Gasteiger partial charge in [-0.3, -0.25) is 14.5 Å². The van der Waals surface area contributed by atoms with Crippen molar-refractivity contribution in [1.29, 1.82) is 0 Å². The van der Waals surface area contributed by atoms with Crippen LogP contribution in [-0.4, -0.2) is 72.6 Å². The number of ketones is 1. The largest absolute Gasteiger partial charge is 0.507 e. The molecule has 0 spiro atoms. The van der Waals surface area contributed by atoms with Gasteiger partial charge in [0.1, 0.15) is 17.3 Å². The monoisotopic (exact) mass is 510 g/mol. The molecule has 1 atom stereocenters. The van der Waals surface area contributed by atoms with E-state index in [2.05, 4.69) is 18.7 Å². The number of hydrogen-bond donors (Lipinski definition) is 1. The maximum atomic E-state index is 13.7. The van der Waals surface area contributed by atoms with Gasteiger partial charge in [0, 0.05) is 31.7 Å². The molecule has 2 saturated heterocycles. The van der Waals surface area contributed by atoms with Crippen molar-refractivity contribution in [2.24, 2.45) is 5.92 Å². The zero-order chi connectivity index (χ0) is 26.5. The second-order valence-electron chi connectivity index (χ2n) is 10.0. The van der Waals surface area contributed by atoms with Crippen LogP contribution < -0.4 is 4.74 Å². The summed E-state index contributed by atoms with van der Waals surface area (Å²) in [6, 6.07) is 10.2. The summed E-state index contributed by atoms with van der Waals surface area (Å²) in [6.07, 6.45) is 0.658. The Kier molecular flexibility index (Phi) is 8.61. The van der Waals surface area contributed by atoms with Gasteiger partial charge in [0.2, 0.25) is 0 Å². The molecule has 1 amide bonds. The van der Waals surface area contributed by atoms with Crippen LogP contribution in [0.4, 0.5) is 4.39 Å². The molecule has 2 fully saturated rings. The van der Waals surface area contributed by atoms with Crippen LogP contribution in [0.1, 0.15) is 43.0 Å². The van der Waals surface area contributed by atoms with Crippen LogP contribution in [0.2, 0.25) is 0 Å². The molecule has 4 rings (SSSR count). The number of carbonyl (C=O) groups is 2. The molecule has 0 unspecified atom stereocenters. The maximum absolute atomic E-state index is 13.7. The molecule has 0 saturated carbocycles. The van der Waals surface area contributed by atoms with E-state index in [0.29, 0.717) is 55.6 Å². The summed E-state index contributed by atoms with van der Waals surface area (Å²) < 4.78 is 24.9. The highest BCUT2D eigenvalue weighted by atomic mass is 19.1. The van der Waals surface area contributed by atoms with Crippen LogP contribution in [0, 0.1) is 18.7 Å². The molecular formula is C29H35FN2O5. The number of aliphatic hydroxyl groups excluding tert-OH is 1. The summed E-state index contributed by atoms with van der Waals surface area (Å²) in [6.45, 7) is 10.6. The lowest BCUT2D eigenvalue weighted by molar-refractivity contribution is -0.140. The van der Waals surface area contributed by atoms with Crippen molar-refractivity contribution in [1.82, 2.24) is 9.80 Å². The molecule has 37 heavy (non-hydrogen) atoms. The smallest absolute Gasteiger partial charge is 0.295 e. The molecule has 0 radical (unpaired) electrons. The van der Waals surface area contributed by atoms with E-state index in [1.54, 1.807) is 24.3 Å². The Hall–Kier alpha value is -3.23. The molecule has 2 aromatic rings. The predicted molar refractivity (Wildman–Crippen MR) is 139 cm³/mol. The molecule has 0 aliphatic carbocycles. The topological polar surface area (TPSA) is 79.3 Å². The Morgan fingerprint density at radius 1 is 1.11 bits per heavy atom. The lowest BCUT2D eigenvalue weighted by atomic mass is 9.94. The zero-order valence-electron chi connectivity index (χ0n) is 21.7. The SMILES string of the molecule is Cc1cc(OCC(C)C)ccc1/C(O)=C1\C(=O)C(=O)N(CCCN2CCOCC2)[C@H]1c1ccc(F)cc1. The highest BCUT2D eigenvalue weighted by Gasteiger charge is 2.46. The number of aliphatic hydroxyl groups is 1. The minimum Gasteiger partial charge on any atom is -0.507 e. The van der Waals surface area contributed by atoms with Gasteiger partial charge in [-0.05, 0) is 60.7 Å². The fraction of sp³-hybridized carbons (Fsp3) is 0.448. The lowest BCUT2D eigenvalue weighted by Gasteiger charge is -2.29. The second kappa shape index (κ2) is 11.9. The van der Waals surface area contributed by atoms with Crippen molar-refractivity contribution < 1.29 is 28.6 Å². The van der Waals surface area contributed by atoms with Gasteiger partial charge in [-0.1, -0.05) is 26.0 Å². The Bertz CT molecular complexity index is 1160. The van der Waals surface area contributed by atoms with E-state index in [0.717, 1.165) is 25.2 Å². The predicted octanol–water partition coefficient (Wildman–Crippen LogP) is 4.31. The molecule has 2 aromatic carbocycles. The van der Waals surface area contributed by atoms with Crippen LogP contribution in [0.5, 0.6) is 5.75 Å². The van der Waals surface area contributed by atoms with Gasteiger partial charge in [0.05, 0.1) is 31.4 Å². The number of morpholine rings is 1. The third kappa shape index (κ3) is 6.19. The second-order valence-corrected chi connectivity index (χ2v) is 10.0. The minimum atomic E-state index is -0.804. The summed E-state index contributed by atoms with van der Waals surface area (Å²) in [7, 11) is 0. The highest BCUT2D eigenvalue weighted by molar-refractivity contribution is 6.46. The quantitative estimate of drug-likeness (QED) is 0.308. The van der Waals surface area contributed by atoms with E-state index >= 15 is 0 Å². The summed E-state index contributed by atoms with van der Waals surface area (Å²) >= 11 is 0. The van der Waals surface area contributed by atoms with Gasteiger partial charge < -0.3 is 19.5 Å². The number of aryl methyl sites for hydroxylation is 1. The highest BCUT2D eigenvalue weighted by Crippen LogP contribution is 2.40. The third-order valence-corrected chi connectivity index (χ3v) is 6.74. The van der Waals surface area contributed by atoms with Gasteiger partial charge in [0.25, 0.3) is 11.7 Å². The molecule has 1 N–H and O–H groups in total. The van der Waals surface area contributed by atoms with Gasteiger partial charge >= 0.3 is 0 Å². The number of nitrogens with zero attached hydrogens (tertiary/aromatic N) is 2. The van der Waals surface area contributed by atoms with Gasteiger partial charge in [-0.2, -0.15) is 0 Å². The fourth-order valence-electron chi connectivity index (χ4n) is 4.79. The van der Waals surface area contributed by atoms with E-state index in [9.17, 15) is 19.1 Å². The van der Waals surface area contributed by atoms with Crippen molar-refractivity contribution in [2.45, 2.75) is 33.2 Å². The Morgan fingerprint density at radius 3 is 2.46 bits per heavy atom. The van der Waals surface area contributed by atoms with Crippen molar-refractivity contribution >= 4 is 17.4 Å². The summed E-state index contributed by atoms with van der Waals surface area (Å²) in [5.41, 5.74) is 1.76. The molecule has 0 aromatic heterocycles. The standard InChI is InChI=1S/C29H35FN2O5/c1-19(2)18-37-23-9-10-24(20(3)17-23)27(33)25-26(21-5-7-22(30)8-6-21)32(29(35)28(25)34)12-4-11-31-13-15-36-16-14-31/h5-10,17,19,26,33H,4,11-16,18H2,1-3H3/b27-25+/t26-/m0/s1. The first-order valence-electron chi connectivity index (χ1n) is 12.8. The number of carbonyl (C=O) groups excluding carboxylic acids is 2. The Labute approximate surface area is 217 Å². The average Bonchev–Trinajstić information content (AvgIpc) is 3.13.